The van der Waals surface area contributed by atoms with Crippen LogP contribution in [0.2, 0.25) is 0 Å². The fraction of sp³-hybridized carbons (Fsp3) is 0.273. The molecule has 21 heavy (non-hydrogen) atoms. The molecule has 0 saturated carbocycles. The van der Waals surface area contributed by atoms with E-state index in [1.807, 2.05) is 0 Å². The normalized spacial score (nSPS) is 11.5. The van der Waals surface area contributed by atoms with Gasteiger partial charge in [0.25, 0.3) is 0 Å². The van der Waals surface area contributed by atoms with Crippen LogP contribution >= 0.6 is 7.60 Å². The number of nitrogens with two attached hydrogens (primary N) is 1. The Balaban J connectivity index is 2.04. The van der Waals surface area contributed by atoms with E-state index in [2.05, 4.69) is 19.9 Å². The van der Waals surface area contributed by atoms with Crippen LogP contribution in [0.4, 0.5) is 5.95 Å². The molecule has 2 aromatic rings. The topological polar surface area (TPSA) is 144 Å². The Morgan fingerprint density at radius 2 is 2.10 bits per heavy atom. The van der Waals surface area contributed by atoms with Gasteiger partial charge >= 0.3 is 7.60 Å². The predicted octanol–water partition coefficient (Wildman–Crippen LogP) is 0.210. The third kappa shape index (κ3) is 5.16. The van der Waals surface area contributed by atoms with Crippen LogP contribution < -0.4 is 5.73 Å². The molecule has 0 aliphatic rings. The van der Waals surface area contributed by atoms with E-state index in [9.17, 15) is 4.57 Å². The van der Waals surface area contributed by atoms with Crippen LogP contribution in [0, 0.1) is 0 Å². The standard InChI is InChI=1S/C11H14N5O4P/c12-11-15-9(3-5-20-7-21(17,18)19)14-10(16-11)8-2-1-4-13-6-8/h1-2,4,6H,3,5,7H2,(H2,17,18,19)(H2,12,14,15,16). The molecule has 0 spiro atoms. The minimum absolute atomic E-state index is 0.0637. The summed E-state index contributed by atoms with van der Waals surface area (Å²) in [4.78, 5) is 33.5. The highest BCUT2D eigenvalue weighted by Crippen LogP contribution is 2.33. The van der Waals surface area contributed by atoms with Gasteiger partial charge in [0.05, 0.1) is 6.61 Å². The molecule has 0 radical (unpaired) electrons. The molecule has 0 fully saturated rings. The van der Waals surface area contributed by atoms with Crippen LogP contribution in [0.3, 0.4) is 0 Å². The molecule has 2 heterocycles. The van der Waals surface area contributed by atoms with Crippen molar-refractivity contribution in [3.8, 4) is 11.4 Å². The summed E-state index contributed by atoms with van der Waals surface area (Å²) in [7, 11) is -4.16. The molecule has 4 N–H and O–H groups in total. The Labute approximate surface area is 120 Å². The number of nitrogens with zero attached hydrogens (tertiary/aromatic N) is 4. The highest BCUT2D eigenvalue weighted by Gasteiger charge is 2.13. The lowest BCUT2D eigenvalue weighted by Gasteiger charge is -2.06. The van der Waals surface area contributed by atoms with E-state index in [4.69, 9.17) is 20.3 Å². The first-order valence-electron chi connectivity index (χ1n) is 5.97. The fourth-order valence-electron chi connectivity index (χ4n) is 1.52. The number of hydrogen-bond acceptors (Lipinski definition) is 7. The molecule has 0 aliphatic heterocycles. The first-order valence-corrected chi connectivity index (χ1v) is 7.77. The summed E-state index contributed by atoms with van der Waals surface area (Å²) >= 11 is 0. The monoisotopic (exact) mass is 311 g/mol. The molecule has 10 heteroatoms. The summed E-state index contributed by atoms with van der Waals surface area (Å²) in [5, 5.41) is 0. The van der Waals surface area contributed by atoms with Crippen LogP contribution in [0.15, 0.2) is 24.5 Å². The van der Waals surface area contributed by atoms with Gasteiger partial charge in [-0.05, 0) is 12.1 Å². The van der Waals surface area contributed by atoms with Crippen molar-refractivity contribution in [2.45, 2.75) is 6.42 Å². The average molecular weight is 311 g/mol. The molecule has 0 atom stereocenters. The first kappa shape index (κ1) is 15.5. The molecular formula is C11H14N5O4P. The maximum Gasteiger partial charge on any atom is 0.350 e. The highest BCUT2D eigenvalue weighted by atomic mass is 31.2. The number of hydrogen-bond donors (Lipinski definition) is 3. The summed E-state index contributed by atoms with van der Waals surface area (Å²) < 4.78 is 15.5. The van der Waals surface area contributed by atoms with Gasteiger partial charge < -0.3 is 20.3 Å². The summed E-state index contributed by atoms with van der Waals surface area (Å²) in [6.45, 7) is 0.0705. The van der Waals surface area contributed by atoms with Gasteiger partial charge in [0.1, 0.15) is 12.2 Å². The van der Waals surface area contributed by atoms with Crippen molar-refractivity contribution in [3.05, 3.63) is 30.4 Å². The van der Waals surface area contributed by atoms with Crippen molar-refractivity contribution in [2.75, 3.05) is 18.7 Å². The second-order valence-corrected chi connectivity index (χ2v) is 5.71. The lowest BCUT2D eigenvalue weighted by atomic mass is 10.2. The second kappa shape index (κ2) is 6.68. The molecule has 0 saturated heterocycles. The van der Waals surface area contributed by atoms with Crippen LogP contribution in [0.1, 0.15) is 5.82 Å². The number of aromatic nitrogens is 4. The highest BCUT2D eigenvalue weighted by molar-refractivity contribution is 7.51. The van der Waals surface area contributed by atoms with Crippen molar-refractivity contribution in [3.63, 3.8) is 0 Å². The number of rotatable bonds is 6. The second-order valence-electron chi connectivity index (χ2n) is 4.13. The molecule has 0 unspecified atom stereocenters. The number of anilines is 1. The van der Waals surface area contributed by atoms with Crippen LogP contribution in [-0.4, -0.2) is 42.7 Å². The maximum absolute atomic E-state index is 10.6. The number of nitrogen functional groups attached to an aromatic ring is 1. The first-order chi connectivity index (χ1) is 9.94. The summed E-state index contributed by atoms with van der Waals surface area (Å²) in [6.07, 6.45) is 2.86. The molecule has 0 aliphatic carbocycles. The van der Waals surface area contributed by atoms with Gasteiger partial charge in [0.2, 0.25) is 5.95 Å². The van der Waals surface area contributed by atoms with Gasteiger partial charge in [-0.25, -0.2) is 4.98 Å². The molecular weight excluding hydrogens is 297 g/mol. The van der Waals surface area contributed by atoms with Gasteiger partial charge in [0.15, 0.2) is 5.82 Å². The predicted molar refractivity (Wildman–Crippen MR) is 74.0 cm³/mol. The van der Waals surface area contributed by atoms with Gasteiger partial charge in [-0.15, -0.1) is 0 Å². The Kier molecular flexibility index (Phi) is 4.92. The van der Waals surface area contributed by atoms with Crippen LogP contribution in [0.5, 0.6) is 0 Å². The zero-order chi connectivity index (χ0) is 15.3. The SMILES string of the molecule is Nc1nc(CCOCP(=O)(O)O)nc(-c2cccnc2)n1. The van der Waals surface area contributed by atoms with Crippen molar-refractivity contribution in [1.29, 1.82) is 0 Å². The largest absolute Gasteiger partial charge is 0.368 e. The smallest absolute Gasteiger partial charge is 0.350 e. The lowest BCUT2D eigenvalue weighted by Crippen LogP contribution is -2.08. The van der Waals surface area contributed by atoms with Crippen molar-refractivity contribution in [2.24, 2.45) is 0 Å². The molecule has 2 aromatic heterocycles. The van der Waals surface area contributed by atoms with E-state index in [0.717, 1.165) is 0 Å². The van der Waals surface area contributed by atoms with Crippen LogP contribution in [0.25, 0.3) is 11.4 Å². The minimum atomic E-state index is -4.16. The molecule has 112 valence electrons. The Morgan fingerprint density at radius 3 is 2.76 bits per heavy atom. The molecule has 0 amide bonds. The number of ether oxygens (including phenoxy) is 1. The third-order valence-corrected chi connectivity index (χ3v) is 2.87. The van der Waals surface area contributed by atoms with Gasteiger partial charge in [-0.3, -0.25) is 9.55 Å². The van der Waals surface area contributed by atoms with E-state index in [0.29, 0.717) is 17.2 Å². The Bertz CT molecular complexity index is 648. The molecule has 0 aromatic carbocycles. The van der Waals surface area contributed by atoms with Crippen molar-refractivity contribution >= 4 is 13.5 Å². The van der Waals surface area contributed by atoms with E-state index < -0.39 is 13.9 Å². The maximum atomic E-state index is 10.6. The van der Waals surface area contributed by atoms with E-state index >= 15 is 0 Å². The molecule has 9 nitrogen and oxygen atoms in total. The fourth-order valence-corrected chi connectivity index (χ4v) is 1.89. The minimum Gasteiger partial charge on any atom is -0.368 e. The quantitative estimate of drug-likeness (QED) is 0.503. The zero-order valence-electron chi connectivity index (χ0n) is 11.0. The third-order valence-electron chi connectivity index (χ3n) is 2.35. The van der Waals surface area contributed by atoms with Gasteiger partial charge in [-0.2, -0.15) is 9.97 Å². The summed E-state index contributed by atoms with van der Waals surface area (Å²) in [6, 6.07) is 3.54. The van der Waals surface area contributed by atoms with E-state index in [1.54, 1.807) is 24.5 Å². The van der Waals surface area contributed by atoms with Crippen molar-refractivity contribution < 1.29 is 19.1 Å². The van der Waals surface area contributed by atoms with Gasteiger partial charge in [-0.1, -0.05) is 0 Å². The number of pyridine rings is 1. The zero-order valence-corrected chi connectivity index (χ0v) is 11.8. The Morgan fingerprint density at radius 1 is 1.29 bits per heavy atom. The summed E-state index contributed by atoms with van der Waals surface area (Å²) in [5.41, 5.74) is 6.32. The van der Waals surface area contributed by atoms with Gasteiger partial charge in [0, 0.05) is 24.4 Å². The molecule has 0 bridgehead atoms. The van der Waals surface area contributed by atoms with Crippen LogP contribution in [-0.2, 0) is 15.7 Å². The average Bonchev–Trinajstić information content (AvgIpc) is 2.43. The molecule has 2 rings (SSSR count). The lowest BCUT2D eigenvalue weighted by molar-refractivity contribution is 0.159. The van der Waals surface area contributed by atoms with Crippen molar-refractivity contribution in [1.82, 2.24) is 19.9 Å². The van der Waals surface area contributed by atoms with E-state index in [-0.39, 0.29) is 19.0 Å². The Hall–Kier alpha value is -1.93. The summed E-state index contributed by atoms with van der Waals surface area (Å²) in [5.74, 6) is 0.835. The van der Waals surface area contributed by atoms with E-state index in [1.165, 1.54) is 0 Å².